The van der Waals surface area contributed by atoms with Crippen molar-refractivity contribution in [1.82, 2.24) is 4.57 Å². The Morgan fingerprint density at radius 2 is 1.67 bits per heavy atom. The third-order valence-corrected chi connectivity index (χ3v) is 3.05. The fraction of sp³-hybridized carbons (Fsp3) is 0.312. The first kappa shape index (κ1) is 12.6. The molecule has 1 aromatic heterocycles. The molecule has 0 amide bonds. The Morgan fingerprint density at radius 1 is 1.00 bits per heavy atom. The van der Waals surface area contributed by atoms with Gasteiger partial charge in [0.2, 0.25) is 0 Å². The summed E-state index contributed by atoms with van der Waals surface area (Å²) in [4.78, 5) is 11.9. The third-order valence-electron chi connectivity index (χ3n) is 3.05. The standard InChI is InChI=1S/C16H19NO/c1-16(2,3)14-9-10-15(18)17(12-14)11-13-7-5-4-6-8-13/h4-10,12H,11H2,1-3H3. The number of nitrogens with zero attached hydrogens (tertiary/aromatic N) is 1. The van der Waals surface area contributed by atoms with Crippen molar-refractivity contribution in [3.05, 3.63) is 70.1 Å². The number of pyridine rings is 1. The summed E-state index contributed by atoms with van der Waals surface area (Å²) in [7, 11) is 0. The van der Waals surface area contributed by atoms with E-state index in [1.54, 1.807) is 10.6 Å². The molecule has 0 N–H and O–H groups in total. The summed E-state index contributed by atoms with van der Waals surface area (Å²) in [6.07, 6.45) is 1.97. The van der Waals surface area contributed by atoms with Crippen molar-refractivity contribution in [2.75, 3.05) is 0 Å². The molecule has 0 saturated carbocycles. The number of benzene rings is 1. The summed E-state index contributed by atoms with van der Waals surface area (Å²) < 4.78 is 1.77. The Morgan fingerprint density at radius 3 is 2.28 bits per heavy atom. The molecule has 0 atom stereocenters. The zero-order chi connectivity index (χ0) is 13.2. The van der Waals surface area contributed by atoms with Gasteiger partial charge in [-0.2, -0.15) is 0 Å². The maximum atomic E-state index is 11.9. The molecule has 0 aliphatic heterocycles. The van der Waals surface area contributed by atoms with Crippen LogP contribution in [0.2, 0.25) is 0 Å². The van der Waals surface area contributed by atoms with Crippen LogP contribution in [0.15, 0.2) is 53.5 Å². The second kappa shape index (κ2) is 4.81. The van der Waals surface area contributed by atoms with Gasteiger partial charge >= 0.3 is 0 Å². The largest absolute Gasteiger partial charge is 0.311 e. The topological polar surface area (TPSA) is 22.0 Å². The van der Waals surface area contributed by atoms with Crippen LogP contribution in [0.4, 0.5) is 0 Å². The van der Waals surface area contributed by atoms with Crippen LogP contribution in [-0.2, 0) is 12.0 Å². The molecule has 0 spiro atoms. The van der Waals surface area contributed by atoms with E-state index < -0.39 is 0 Å². The minimum atomic E-state index is 0.0480. The summed E-state index contributed by atoms with van der Waals surface area (Å²) >= 11 is 0. The average molecular weight is 241 g/mol. The maximum absolute atomic E-state index is 11.9. The van der Waals surface area contributed by atoms with Crippen molar-refractivity contribution in [2.24, 2.45) is 0 Å². The van der Waals surface area contributed by atoms with Gasteiger partial charge in [0.05, 0.1) is 6.54 Å². The van der Waals surface area contributed by atoms with Gasteiger partial charge in [-0.25, -0.2) is 0 Å². The van der Waals surface area contributed by atoms with Crippen LogP contribution in [0.3, 0.4) is 0 Å². The van der Waals surface area contributed by atoms with E-state index in [1.807, 2.05) is 42.6 Å². The highest BCUT2D eigenvalue weighted by atomic mass is 16.1. The Bertz CT molecular complexity index is 576. The lowest BCUT2D eigenvalue weighted by Gasteiger charge is -2.20. The number of rotatable bonds is 2. The summed E-state index contributed by atoms with van der Waals surface area (Å²) in [5.74, 6) is 0. The zero-order valence-electron chi connectivity index (χ0n) is 11.2. The van der Waals surface area contributed by atoms with E-state index in [2.05, 4.69) is 20.8 Å². The zero-order valence-corrected chi connectivity index (χ0v) is 11.2. The predicted molar refractivity (Wildman–Crippen MR) is 74.9 cm³/mol. The van der Waals surface area contributed by atoms with Crippen molar-refractivity contribution in [3.8, 4) is 0 Å². The number of hydrogen-bond acceptors (Lipinski definition) is 1. The van der Waals surface area contributed by atoms with Crippen molar-refractivity contribution in [2.45, 2.75) is 32.7 Å². The normalized spacial score (nSPS) is 11.5. The molecule has 0 aliphatic carbocycles. The lowest BCUT2D eigenvalue weighted by Crippen LogP contribution is -2.23. The van der Waals surface area contributed by atoms with Gasteiger partial charge in [0.1, 0.15) is 0 Å². The van der Waals surface area contributed by atoms with Gasteiger partial charge in [-0.15, -0.1) is 0 Å². The van der Waals surface area contributed by atoms with Gasteiger partial charge in [0, 0.05) is 12.3 Å². The number of aromatic nitrogens is 1. The SMILES string of the molecule is CC(C)(C)c1ccc(=O)n(Cc2ccccc2)c1. The van der Waals surface area contributed by atoms with Crippen molar-refractivity contribution in [3.63, 3.8) is 0 Å². The molecule has 0 saturated heterocycles. The molecule has 0 unspecified atom stereocenters. The molecular weight excluding hydrogens is 222 g/mol. The van der Waals surface area contributed by atoms with E-state index in [4.69, 9.17) is 0 Å². The molecule has 1 heterocycles. The van der Waals surface area contributed by atoms with Crippen LogP contribution in [0, 0.1) is 0 Å². The molecule has 0 radical (unpaired) electrons. The van der Waals surface area contributed by atoms with Crippen LogP contribution in [0.1, 0.15) is 31.9 Å². The minimum absolute atomic E-state index is 0.0480. The van der Waals surface area contributed by atoms with E-state index >= 15 is 0 Å². The lowest BCUT2D eigenvalue weighted by atomic mass is 9.88. The first-order chi connectivity index (χ1) is 8.47. The Hall–Kier alpha value is -1.83. The molecule has 0 aliphatic rings. The van der Waals surface area contributed by atoms with Gasteiger partial charge in [-0.1, -0.05) is 57.2 Å². The molecule has 2 rings (SSSR count). The van der Waals surface area contributed by atoms with E-state index in [9.17, 15) is 4.79 Å². The summed E-state index contributed by atoms with van der Waals surface area (Å²) in [6.45, 7) is 7.09. The molecule has 0 bridgehead atoms. The first-order valence-corrected chi connectivity index (χ1v) is 6.22. The fourth-order valence-electron chi connectivity index (χ4n) is 1.88. The van der Waals surface area contributed by atoms with Crippen molar-refractivity contribution in [1.29, 1.82) is 0 Å². The lowest BCUT2D eigenvalue weighted by molar-refractivity contribution is 0.576. The smallest absolute Gasteiger partial charge is 0.250 e. The number of hydrogen-bond donors (Lipinski definition) is 0. The van der Waals surface area contributed by atoms with Gasteiger partial charge in [0.15, 0.2) is 0 Å². The second-order valence-corrected chi connectivity index (χ2v) is 5.62. The first-order valence-electron chi connectivity index (χ1n) is 6.22. The van der Waals surface area contributed by atoms with Crippen LogP contribution < -0.4 is 5.56 Å². The highest BCUT2D eigenvalue weighted by Crippen LogP contribution is 2.20. The fourth-order valence-corrected chi connectivity index (χ4v) is 1.88. The van der Waals surface area contributed by atoms with E-state index in [1.165, 1.54) is 5.56 Å². The molecule has 94 valence electrons. The quantitative estimate of drug-likeness (QED) is 0.791. The van der Waals surface area contributed by atoms with Gasteiger partial charge in [-0.05, 0) is 16.5 Å². The molecule has 18 heavy (non-hydrogen) atoms. The van der Waals surface area contributed by atoms with Crippen LogP contribution in [0.5, 0.6) is 0 Å². The Labute approximate surface area is 108 Å². The van der Waals surface area contributed by atoms with Crippen LogP contribution >= 0.6 is 0 Å². The molecule has 0 fully saturated rings. The summed E-state index contributed by atoms with van der Waals surface area (Å²) in [5, 5.41) is 0. The molecular formula is C16H19NO. The predicted octanol–water partition coefficient (Wildman–Crippen LogP) is 3.19. The summed E-state index contributed by atoms with van der Waals surface area (Å²) in [5.41, 5.74) is 2.43. The molecule has 1 aromatic carbocycles. The average Bonchev–Trinajstić information content (AvgIpc) is 2.32. The van der Waals surface area contributed by atoms with Crippen LogP contribution in [-0.4, -0.2) is 4.57 Å². The molecule has 2 nitrogen and oxygen atoms in total. The molecule has 2 heteroatoms. The van der Waals surface area contributed by atoms with Crippen molar-refractivity contribution < 1.29 is 0 Å². The van der Waals surface area contributed by atoms with E-state index in [0.29, 0.717) is 6.54 Å². The highest BCUT2D eigenvalue weighted by Gasteiger charge is 2.14. The third kappa shape index (κ3) is 2.89. The molecule has 2 aromatic rings. The minimum Gasteiger partial charge on any atom is -0.311 e. The van der Waals surface area contributed by atoms with Crippen molar-refractivity contribution >= 4 is 0 Å². The van der Waals surface area contributed by atoms with E-state index in [-0.39, 0.29) is 11.0 Å². The Kier molecular flexibility index (Phi) is 3.37. The van der Waals surface area contributed by atoms with Gasteiger partial charge < -0.3 is 4.57 Å². The second-order valence-electron chi connectivity index (χ2n) is 5.62. The monoisotopic (exact) mass is 241 g/mol. The van der Waals surface area contributed by atoms with Gasteiger partial charge in [-0.3, -0.25) is 4.79 Å². The van der Waals surface area contributed by atoms with E-state index in [0.717, 1.165) is 5.56 Å². The van der Waals surface area contributed by atoms with Crippen LogP contribution in [0.25, 0.3) is 0 Å². The van der Waals surface area contributed by atoms with Gasteiger partial charge in [0.25, 0.3) is 5.56 Å². The summed E-state index contributed by atoms with van der Waals surface area (Å²) in [6, 6.07) is 13.6. The Balaban J connectivity index is 2.36. The maximum Gasteiger partial charge on any atom is 0.250 e. The highest BCUT2D eigenvalue weighted by molar-refractivity contribution is 5.21.